The number of aliphatic hydroxyl groups excluding tert-OH is 1. The van der Waals surface area contributed by atoms with Crippen molar-refractivity contribution in [3.05, 3.63) is 94.6 Å². The topological polar surface area (TPSA) is 98.1 Å². The molecule has 6 heteroatoms. The van der Waals surface area contributed by atoms with Crippen LogP contribution in [0.4, 0.5) is 5.69 Å². The van der Waals surface area contributed by atoms with Crippen LogP contribution in [-0.4, -0.2) is 27.0 Å². The van der Waals surface area contributed by atoms with Crippen molar-refractivity contribution >= 4 is 23.1 Å². The highest BCUT2D eigenvalue weighted by atomic mass is 16.3. The van der Waals surface area contributed by atoms with Crippen molar-refractivity contribution in [2.24, 2.45) is 0 Å². The van der Waals surface area contributed by atoms with Gasteiger partial charge in [0.2, 0.25) is 0 Å². The Hall–Kier alpha value is -4.06. The van der Waals surface area contributed by atoms with Crippen LogP contribution >= 0.6 is 0 Å². The van der Waals surface area contributed by atoms with E-state index in [0.29, 0.717) is 11.1 Å². The van der Waals surface area contributed by atoms with E-state index in [1.807, 2.05) is 12.1 Å². The zero-order valence-corrected chi connectivity index (χ0v) is 17.9. The van der Waals surface area contributed by atoms with Gasteiger partial charge in [0.1, 0.15) is 17.3 Å². The molecule has 2 aliphatic rings. The molecule has 3 aromatic rings. The maximum Gasteiger partial charge on any atom is 0.300 e. The van der Waals surface area contributed by atoms with Crippen LogP contribution in [0.1, 0.15) is 41.1 Å². The second-order valence-electron chi connectivity index (χ2n) is 8.44. The lowest BCUT2D eigenvalue weighted by atomic mass is 9.88. The molecular weight excluding hydrogens is 418 g/mol. The Bertz CT molecular complexity index is 1310. The fourth-order valence-corrected chi connectivity index (χ4v) is 4.80. The number of fused-ring (bicyclic) bond motifs is 1. The van der Waals surface area contributed by atoms with Gasteiger partial charge >= 0.3 is 0 Å². The third kappa shape index (κ3) is 3.53. The van der Waals surface area contributed by atoms with Gasteiger partial charge in [-0.15, -0.1) is 0 Å². The molecule has 33 heavy (non-hydrogen) atoms. The highest BCUT2D eigenvalue weighted by molar-refractivity contribution is 6.51. The molecule has 6 nitrogen and oxygen atoms in total. The number of anilines is 1. The number of phenolic OH excluding ortho intramolecular Hbond substituents is 2. The number of benzene rings is 3. The Morgan fingerprint density at radius 3 is 2.36 bits per heavy atom. The highest BCUT2D eigenvalue weighted by Gasteiger charge is 2.47. The molecule has 0 bridgehead atoms. The number of amides is 1. The fraction of sp³-hybridized carbons (Fsp3) is 0.185. The van der Waals surface area contributed by atoms with Gasteiger partial charge < -0.3 is 15.3 Å². The van der Waals surface area contributed by atoms with Crippen LogP contribution in [-0.2, 0) is 22.4 Å². The molecular formula is C27H23NO5. The molecule has 1 heterocycles. The first-order chi connectivity index (χ1) is 16.0. The summed E-state index contributed by atoms with van der Waals surface area (Å²) >= 11 is 0. The summed E-state index contributed by atoms with van der Waals surface area (Å²) in [4.78, 5) is 27.6. The first kappa shape index (κ1) is 20.8. The standard InChI is InChI=1S/C27H23NO5/c29-20-9-5-8-18(15-20)24-23(25(31)19-13-12-16-6-1-2-7-17(16)14-19)26(32)27(33)28(24)21-10-3-4-11-22(21)30/h3-5,8-15,24,29-31H,1-2,6-7H2/b25-23-. The second kappa shape index (κ2) is 8.13. The smallest absolute Gasteiger partial charge is 0.300 e. The van der Waals surface area contributed by atoms with E-state index in [2.05, 4.69) is 0 Å². The van der Waals surface area contributed by atoms with Crippen LogP contribution < -0.4 is 4.90 Å². The number of carbonyl (C=O) groups excluding carboxylic acids is 2. The molecule has 0 radical (unpaired) electrons. The number of aromatic hydroxyl groups is 2. The van der Waals surface area contributed by atoms with E-state index in [0.717, 1.165) is 31.2 Å². The van der Waals surface area contributed by atoms with Crippen LogP contribution in [0.25, 0.3) is 5.76 Å². The molecule has 1 unspecified atom stereocenters. The van der Waals surface area contributed by atoms with Gasteiger partial charge in [-0.25, -0.2) is 0 Å². The zero-order chi connectivity index (χ0) is 23.1. The second-order valence-corrected chi connectivity index (χ2v) is 8.44. The average molecular weight is 441 g/mol. The number of carbonyl (C=O) groups is 2. The number of rotatable bonds is 3. The van der Waals surface area contributed by atoms with Crippen LogP contribution in [0.15, 0.2) is 72.3 Å². The minimum absolute atomic E-state index is 0.0378. The molecule has 1 amide bonds. The summed E-state index contributed by atoms with van der Waals surface area (Å²) in [5.41, 5.74) is 3.35. The molecule has 1 saturated heterocycles. The van der Waals surface area contributed by atoms with Crippen molar-refractivity contribution in [1.29, 1.82) is 0 Å². The summed E-state index contributed by atoms with van der Waals surface area (Å²) in [6.45, 7) is 0. The summed E-state index contributed by atoms with van der Waals surface area (Å²) in [5, 5.41) is 31.8. The number of Topliss-reactive ketones (excluding diaryl/α,β-unsaturated/α-hetero) is 1. The highest BCUT2D eigenvalue weighted by Crippen LogP contribution is 2.45. The van der Waals surface area contributed by atoms with Crippen molar-refractivity contribution in [2.75, 3.05) is 4.90 Å². The average Bonchev–Trinajstić information content (AvgIpc) is 3.09. The predicted octanol–water partition coefficient (Wildman–Crippen LogP) is 4.60. The molecule has 3 N–H and O–H groups in total. The molecule has 3 aromatic carbocycles. The van der Waals surface area contributed by atoms with E-state index in [1.165, 1.54) is 34.7 Å². The van der Waals surface area contributed by atoms with Gasteiger partial charge in [0.05, 0.1) is 17.3 Å². The van der Waals surface area contributed by atoms with Crippen molar-refractivity contribution in [3.8, 4) is 11.5 Å². The number of hydrogen-bond donors (Lipinski definition) is 3. The molecule has 1 atom stereocenters. The van der Waals surface area contributed by atoms with Gasteiger partial charge in [0, 0.05) is 5.56 Å². The lowest BCUT2D eigenvalue weighted by molar-refractivity contribution is -0.132. The SMILES string of the molecule is O=C1C(=O)N(c2ccccc2O)C(c2cccc(O)c2)/C1=C(/O)c1ccc2c(c1)CCCC2. The summed E-state index contributed by atoms with van der Waals surface area (Å²) in [6.07, 6.45) is 4.08. The van der Waals surface area contributed by atoms with Crippen LogP contribution in [0.2, 0.25) is 0 Å². The van der Waals surface area contributed by atoms with E-state index in [9.17, 15) is 24.9 Å². The molecule has 0 spiro atoms. The Kier molecular flexibility index (Phi) is 5.13. The van der Waals surface area contributed by atoms with E-state index in [4.69, 9.17) is 0 Å². The van der Waals surface area contributed by atoms with Gasteiger partial charge in [0.15, 0.2) is 0 Å². The maximum atomic E-state index is 13.2. The van der Waals surface area contributed by atoms with Crippen molar-refractivity contribution < 1.29 is 24.9 Å². The zero-order valence-electron chi connectivity index (χ0n) is 17.9. The lowest BCUT2D eigenvalue weighted by Gasteiger charge is -2.26. The summed E-state index contributed by atoms with van der Waals surface area (Å²) in [6, 6.07) is 17.0. The minimum atomic E-state index is -1.01. The first-order valence-electron chi connectivity index (χ1n) is 11.0. The molecule has 5 rings (SSSR count). The molecule has 1 fully saturated rings. The van der Waals surface area contributed by atoms with Crippen LogP contribution in [0.3, 0.4) is 0 Å². The van der Waals surface area contributed by atoms with Crippen molar-refractivity contribution in [3.63, 3.8) is 0 Å². The summed E-state index contributed by atoms with van der Waals surface area (Å²) in [7, 11) is 0. The van der Waals surface area contributed by atoms with E-state index in [-0.39, 0.29) is 28.5 Å². The minimum Gasteiger partial charge on any atom is -0.508 e. The number of aliphatic hydroxyl groups is 1. The quantitative estimate of drug-likeness (QED) is 0.313. The van der Waals surface area contributed by atoms with Gasteiger partial charge in [-0.1, -0.05) is 36.4 Å². The van der Waals surface area contributed by atoms with Crippen LogP contribution in [0.5, 0.6) is 11.5 Å². The van der Waals surface area contributed by atoms with Gasteiger partial charge in [-0.3, -0.25) is 14.5 Å². The van der Waals surface area contributed by atoms with Gasteiger partial charge in [-0.2, -0.15) is 0 Å². The predicted molar refractivity (Wildman–Crippen MR) is 124 cm³/mol. The number of nitrogens with zero attached hydrogens (tertiary/aromatic N) is 1. The number of para-hydroxylation sites is 2. The summed E-state index contributed by atoms with van der Waals surface area (Å²) in [5.74, 6) is -2.18. The third-order valence-corrected chi connectivity index (χ3v) is 6.39. The van der Waals surface area contributed by atoms with Gasteiger partial charge in [0.25, 0.3) is 11.7 Å². The molecule has 166 valence electrons. The normalized spacial score (nSPS) is 19.5. The Morgan fingerprint density at radius 1 is 0.848 bits per heavy atom. The maximum absolute atomic E-state index is 13.2. The van der Waals surface area contributed by atoms with E-state index < -0.39 is 17.7 Å². The molecule has 0 aromatic heterocycles. The summed E-state index contributed by atoms with van der Waals surface area (Å²) < 4.78 is 0. The number of hydrogen-bond acceptors (Lipinski definition) is 5. The Balaban J connectivity index is 1.72. The largest absolute Gasteiger partial charge is 0.508 e. The Labute approximate surface area is 191 Å². The fourth-order valence-electron chi connectivity index (χ4n) is 4.80. The molecule has 0 saturated carbocycles. The van der Waals surface area contributed by atoms with Crippen LogP contribution in [0, 0.1) is 0 Å². The van der Waals surface area contributed by atoms with E-state index in [1.54, 1.807) is 30.3 Å². The van der Waals surface area contributed by atoms with Crippen molar-refractivity contribution in [1.82, 2.24) is 0 Å². The number of aryl methyl sites for hydroxylation is 2. The van der Waals surface area contributed by atoms with E-state index >= 15 is 0 Å². The third-order valence-electron chi connectivity index (χ3n) is 6.39. The monoisotopic (exact) mass is 441 g/mol. The molecule has 1 aliphatic heterocycles. The lowest BCUT2D eigenvalue weighted by Crippen LogP contribution is -2.29. The Morgan fingerprint density at radius 2 is 1.61 bits per heavy atom. The van der Waals surface area contributed by atoms with Gasteiger partial charge in [-0.05, 0) is 72.7 Å². The first-order valence-corrected chi connectivity index (χ1v) is 11.0. The number of ketones is 1. The number of phenols is 2. The molecule has 1 aliphatic carbocycles. The van der Waals surface area contributed by atoms with Crippen molar-refractivity contribution in [2.45, 2.75) is 31.7 Å².